The number of sulfonamides is 1. The maximum absolute atomic E-state index is 12.2. The van der Waals surface area contributed by atoms with Gasteiger partial charge in [-0.1, -0.05) is 31.3 Å². The first-order valence-corrected chi connectivity index (χ1v) is 8.39. The standard InChI is InChI=1S/C12H25N3O3S/c1-10(12(13)14-16)8-15(2)19(17,18)9-11-6-4-3-5-7-11/h10-11,16H,3-9H2,1-2H3,(H2,13,14). The van der Waals surface area contributed by atoms with Gasteiger partial charge < -0.3 is 10.9 Å². The Morgan fingerprint density at radius 1 is 1.42 bits per heavy atom. The van der Waals surface area contributed by atoms with E-state index in [2.05, 4.69) is 5.16 Å². The molecule has 0 aliphatic heterocycles. The molecule has 0 bridgehead atoms. The van der Waals surface area contributed by atoms with Gasteiger partial charge in [0, 0.05) is 19.5 Å². The van der Waals surface area contributed by atoms with Crippen LogP contribution < -0.4 is 5.73 Å². The van der Waals surface area contributed by atoms with E-state index < -0.39 is 10.0 Å². The molecule has 112 valence electrons. The van der Waals surface area contributed by atoms with E-state index in [1.54, 1.807) is 14.0 Å². The topological polar surface area (TPSA) is 96.0 Å². The average Bonchev–Trinajstić information content (AvgIpc) is 2.38. The number of oxime groups is 1. The van der Waals surface area contributed by atoms with Crippen molar-refractivity contribution in [3.63, 3.8) is 0 Å². The summed E-state index contributed by atoms with van der Waals surface area (Å²) in [6, 6.07) is 0. The van der Waals surface area contributed by atoms with Gasteiger partial charge in [0.2, 0.25) is 10.0 Å². The van der Waals surface area contributed by atoms with Crippen molar-refractivity contribution in [3.8, 4) is 0 Å². The predicted octanol–water partition coefficient (Wildman–Crippen LogP) is 1.21. The Morgan fingerprint density at radius 3 is 2.53 bits per heavy atom. The molecule has 1 unspecified atom stereocenters. The van der Waals surface area contributed by atoms with Crippen LogP contribution in [-0.4, -0.2) is 43.1 Å². The van der Waals surface area contributed by atoms with Gasteiger partial charge in [-0.3, -0.25) is 0 Å². The molecule has 3 N–H and O–H groups in total. The molecule has 0 aromatic heterocycles. The van der Waals surface area contributed by atoms with Crippen molar-refractivity contribution >= 4 is 15.9 Å². The third kappa shape index (κ3) is 4.99. The molecule has 1 aliphatic rings. The molecule has 0 aromatic rings. The van der Waals surface area contributed by atoms with Crippen molar-refractivity contribution in [2.75, 3.05) is 19.3 Å². The Bertz CT molecular complexity index is 402. The lowest BCUT2D eigenvalue weighted by atomic mass is 9.91. The number of nitrogens with zero attached hydrogens (tertiary/aromatic N) is 2. The second-order valence-electron chi connectivity index (χ2n) is 5.49. The largest absolute Gasteiger partial charge is 0.409 e. The highest BCUT2D eigenvalue weighted by Crippen LogP contribution is 2.25. The summed E-state index contributed by atoms with van der Waals surface area (Å²) in [5, 5.41) is 11.5. The fraction of sp³-hybridized carbons (Fsp3) is 0.917. The van der Waals surface area contributed by atoms with Gasteiger partial charge in [0.05, 0.1) is 5.75 Å². The Kier molecular flexibility index (Phi) is 6.06. The molecule has 1 saturated carbocycles. The molecule has 1 rings (SSSR count). The van der Waals surface area contributed by atoms with Crippen LogP contribution in [0.15, 0.2) is 5.16 Å². The van der Waals surface area contributed by atoms with Gasteiger partial charge in [-0.15, -0.1) is 0 Å². The van der Waals surface area contributed by atoms with E-state index in [1.165, 1.54) is 10.7 Å². The van der Waals surface area contributed by atoms with Gasteiger partial charge in [-0.2, -0.15) is 0 Å². The summed E-state index contributed by atoms with van der Waals surface area (Å²) in [4.78, 5) is 0. The molecule has 0 spiro atoms. The number of nitrogens with two attached hydrogens (primary N) is 1. The Morgan fingerprint density at radius 2 is 2.00 bits per heavy atom. The van der Waals surface area contributed by atoms with E-state index in [0.29, 0.717) is 0 Å². The molecular formula is C12H25N3O3S. The molecule has 0 saturated heterocycles. The highest BCUT2D eigenvalue weighted by Gasteiger charge is 2.26. The van der Waals surface area contributed by atoms with Crippen LogP contribution in [0.1, 0.15) is 39.0 Å². The average molecular weight is 291 g/mol. The Hall–Kier alpha value is -0.820. The molecule has 0 heterocycles. The highest BCUT2D eigenvalue weighted by atomic mass is 32.2. The molecule has 7 heteroatoms. The zero-order valence-electron chi connectivity index (χ0n) is 11.7. The number of hydrogen-bond donors (Lipinski definition) is 2. The van der Waals surface area contributed by atoms with Gasteiger partial charge in [0.15, 0.2) is 0 Å². The van der Waals surface area contributed by atoms with Crippen LogP contribution in [0.3, 0.4) is 0 Å². The molecule has 1 atom stereocenters. The van der Waals surface area contributed by atoms with Crippen molar-refractivity contribution in [1.82, 2.24) is 4.31 Å². The minimum Gasteiger partial charge on any atom is -0.409 e. The molecule has 1 fully saturated rings. The van der Waals surface area contributed by atoms with Crippen LogP contribution in [0.5, 0.6) is 0 Å². The van der Waals surface area contributed by atoms with Crippen LogP contribution in [-0.2, 0) is 10.0 Å². The summed E-state index contributed by atoms with van der Waals surface area (Å²) in [6.07, 6.45) is 5.48. The van der Waals surface area contributed by atoms with Crippen molar-refractivity contribution in [2.24, 2.45) is 22.7 Å². The smallest absolute Gasteiger partial charge is 0.214 e. The highest BCUT2D eigenvalue weighted by molar-refractivity contribution is 7.89. The van der Waals surface area contributed by atoms with Crippen molar-refractivity contribution in [2.45, 2.75) is 39.0 Å². The molecular weight excluding hydrogens is 266 g/mol. The number of hydrogen-bond acceptors (Lipinski definition) is 4. The van der Waals surface area contributed by atoms with Gasteiger partial charge in [-0.05, 0) is 18.8 Å². The second kappa shape index (κ2) is 7.09. The van der Waals surface area contributed by atoms with Crippen LogP contribution >= 0.6 is 0 Å². The van der Waals surface area contributed by atoms with E-state index >= 15 is 0 Å². The van der Waals surface area contributed by atoms with Crippen LogP contribution in [0.25, 0.3) is 0 Å². The lowest BCUT2D eigenvalue weighted by Crippen LogP contribution is -2.38. The SMILES string of the molecule is CC(CN(C)S(=O)(=O)CC1CCCCC1)/C(N)=N/O. The summed E-state index contributed by atoms with van der Waals surface area (Å²) >= 11 is 0. The van der Waals surface area contributed by atoms with Crippen LogP contribution in [0, 0.1) is 11.8 Å². The maximum atomic E-state index is 12.2. The predicted molar refractivity (Wildman–Crippen MR) is 75.6 cm³/mol. The lowest BCUT2D eigenvalue weighted by Gasteiger charge is -2.25. The maximum Gasteiger partial charge on any atom is 0.214 e. The first-order valence-electron chi connectivity index (χ1n) is 6.78. The number of rotatable bonds is 6. The van der Waals surface area contributed by atoms with Gasteiger partial charge in [0.1, 0.15) is 5.84 Å². The second-order valence-corrected chi connectivity index (χ2v) is 7.61. The molecule has 6 nitrogen and oxygen atoms in total. The number of amidine groups is 1. The summed E-state index contributed by atoms with van der Waals surface area (Å²) in [5.41, 5.74) is 5.47. The van der Waals surface area contributed by atoms with E-state index in [-0.39, 0.29) is 30.0 Å². The van der Waals surface area contributed by atoms with Crippen LogP contribution in [0.2, 0.25) is 0 Å². The summed E-state index contributed by atoms with van der Waals surface area (Å²) in [6.45, 7) is 1.98. The summed E-state index contributed by atoms with van der Waals surface area (Å²) in [7, 11) is -1.70. The first-order chi connectivity index (χ1) is 8.86. The minimum atomic E-state index is -3.26. The van der Waals surface area contributed by atoms with Crippen molar-refractivity contribution in [3.05, 3.63) is 0 Å². The van der Waals surface area contributed by atoms with Crippen molar-refractivity contribution in [1.29, 1.82) is 0 Å². The Labute approximate surface area is 115 Å². The lowest BCUT2D eigenvalue weighted by molar-refractivity contribution is 0.312. The quantitative estimate of drug-likeness (QED) is 0.333. The molecule has 19 heavy (non-hydrogen) atoms. The summed E-state index contributed by atoms with van der Waals surface area (Å²) in [5.74, 6) is 0.253. The first kappa shape index (κ1) is 16.2. The van der Waals surface area contributed by atoms with Crippen molar-refractivity contribution < 1.29 is 13.6 Å². The fourth-order valence-electron chi connectivity index (χ4n) is 2.47. The van der Waals surface area contributed by atoms with Crippen LogP contribution in [0.4, 0.5) is 0 Å². The fourth-order valence-corrected chi connectivity index (χ4v) is 4.10. The Balaban J connectivity index is 2.55. The molecule has 0 amide bonds. The molecule has 0 radical (unpaired) electrons. The summed E-state index contributed by atoms with van der Waals surface area (Å²) < 4.78 is 25.8. The van der Waals surface area contributed by atoms with E-state index in [1.807, 2.05) is 0 Å². The normalized spacial score (nSPS) is 20.7. The third-order valence-electron chi connectivity index (χ3n) is 3.80. The molecule has 0 aromatic carbocycles. The monoisotopic (exact) mass is 291 g/mol. The third-order valence-corrected chi connectivity index (χ3v) is 5.79. The minimum absolute atomic E-state index is 0.0553. The zero-order valence-corrected chi connectivity index (χ0v) is 12.6. The van der Waals surface area contributed by atoms with E-state index in [0.717, 1.165) is 25.7 Å². The van der Waals surface area contributed by atoms with E-state index in [4.69, 9.17) is 10.9 Å². The van der Waals surface area contributed by atoms with Gasteiger partial charge >= 0.3 is 0 Å². The van der Waals surface area contributed by atoms with E-state index in [9.17, 15) is 8.42 Å². The molecule has 1 aliphatic carbocycles. The van der Waals surface area contributed by atoms with Gasteiger partial charge in [-0.25, -0.2) is 12.7 Å². The van der Waals surface area contributed by atoms with Gasteiger partial charge in [0.25, 0.3) is 0 Å². The zero-order chi connectivity index (χ0) is 14.5.